The predicted octanol–water partition coefficient (Wildman–Crippen LogP) is 2.83. The molecule has 2 aromatic rings. The molecule has 0 aliphatic heterocycles. The summed E-state index contributed by atoms with van der Waals surface area (Å²) in [6.45, 7) is 5.23. The molecule has 0 N–H and O–H groups in total. The number of rotatable bonds is 5. The van der Waals surface area contributed by atoms with Crippen molar-refractivity contribution in [2.45, 2.75) is 33.7 Å². The molecule has 22 heavy (non-hydrogen) atoms. The van der Waals surface area contributed by atoms with Crippen molar-refractivity contribution in [1.82, 2.24) is 14.8 Å². The van der Waals surface area contributed by atoms with Crippen LogP contribution in [0, 0.1) is 13.8 Å². The summed E-state index contributed by atoms with van der Waals surface area (Å²) in [6.07, 6.45) is 0.520. The highest BCUT2D eigenvalue weighted by Crippen LogP contribution is 2.21. The van der Waals surface area contributed by atoms with Crippen LogP contribution in [0.4, 0.5) is 14.5 Å². The van der Waals surface area contributed by atoms with Gasteiger partial charge in [0.05, 0.1) is 22.6 Å². The van der Waals surface area contributed by atoms with Crippen LogP contribution in [-0.4, -0.2) is 33.6 Å². The predicted molar refractivity (Wildman–Crippen MR) is 79.3 cm³/mol. The molecule has 7 heteroatoms. The molecule has 0 radical (unpaired) electrons. The first-order valence-electron chi connectivity index (χ1n) is 6.99. The number of aromatic nitrogens is 3. The number of amides is 1. The van der Waals surface area contributed by atoms with Crippen LogP contribution >= 0.6 is 0 Å². The molecule has 2 rings (SSSR count). The van der Waals surface area contributed by atoms with Crippen LogP contribution in [0.5, 0.6) is 0 Å². The van der Waals surface area contributed by atoms with E-state index >= 15 is 0 Å². The minimum absolute atomic E-state index is 0.267. The lowest BCUT2D eigenvalue weighted by molar-refractivity contribution is 0.0986. The molecule has 0 unspecified atom stereocenters. The number of pyridine rings is 1. The van der Waals surface area contributed by atoms with Gasteiger partial charge in [0.1, 0.15) is 6.54 Å². The maximum Gasteiger partial charge on any atom is 0.261 e. The monoisotopic (exact) mass is 308 g/mol. The molecule has 0 aliphatic carbocycles. The van der Waals surface area contributed by atoms with Gasteiger partial charge >= 0.3 is 0 Å². The zero-order chi connectivity index (χ0) is 16.3. The SMILES string of the molecule is CCN(C(=O)c1cn(CC(F)F)nc1C)c1cccnc1C. The van der Waals surface area contributed by atoms with Crippen molar-refractivity contribution < 1.29 is 13.6 Å². The third-order valence-electron chi connectivity index (χ3n) is 3.33. The maximum atomic E-state index is 12.7. The lowest BCUT2D eigenvalue weighted by Crippen LogP contribution is -2.31. The van der Waals surface area contributed by atoms with Gasteiger partial charge in [0.15, 0.2) is 0 Å². The number of alkyl halides is 2. The van der Waals surface area contributed by atoms with E-state index in [2.05, 4.69) is 10.1 Å². The van der Waals surface area contributed by atoms with Gasteiger partial charge in [-0.1, -0.05) is 0 Å². The van der Waals surface area contributed by atoms with Gasteiger partial charge in [0, 0.05) is 18.9 Å². The molecule has 0 fully saturated rings. The average molecular weight is 308 g/mol. The van der Waals surface area contributed by atoms with Crippen LogP contribution in [0.1, 0.15) is 28.7 Å². The summed E-state index contributed by atoms with van der Waals surface area (Å²) in [5, 5.41) is 3.98. The first-order valence-corrected chi connectivity index (χ1v) is 6.99. The highest BCUT2D eigenvalue weighted by atomic mass is 19.3. The Morgan fingerprint density at radius 1 is 1.36 bits per heavy atom. The van der Waals surface area contributed by atoms with E-state index in [9.17, 15) is 13.6 Å². The van der Waals surface area contributed by atoms with Gasteiger partial charge in [-0.05, 0) is 32.9 Å². The van der Waals surface area contributed by atoms with E-state index in [1.165, 1.54) is 6.20 Å². The van der Waals surface area contributed by atoms with Gasteiger partial charge in [-0.3, -0.25) is 14.5 Å². The van der Waals surface area contributed by atoms with Crippen molar-refractivity contribution in [3.63, 3.8) is 0 Å². The quantitative estimate of drug-likeness (QED) is 0.853. The Labute approximate surface area is 127 Å². The Morgan fingerprint density at radius 3 is 2.68 bits per heavy atom. The van der Waals surface area contributed by atoms with Gasteiger partial charge in [-0.25, -0.2) is 8.78 Å². The van der Waals surface area contributed by atoms with Crippen LogP contribution in [0.3, 0.4) is 0 Å². The Kier molecular flexibility index (Phi) is 4.85. The second-order valence-electron chi connectivity index (χ2n) is 4.90. The Balaban J connectivity index is 2.33. The summed E-state index contributed by atoms with van der Waals surface area (Å²) < 4.78 is 26.0. The molecule has 0 aliphatic rings. The van der Waals surface area contributed by atoms with Crippen molar-refractivity contribution in [3.8, 4) is 0 Å². The number of hydrogen-bond acceptors (Lipinski definition) is 3. The van der Waals surface area contributed by atoms with Crippen molar-refractivity contribution in [3.05, 3.63) is 41.5 Å². The molecule has 1 amide bonds. The first-order chi connectivity index (χ1) is 10.4. The lowest BCUT2D eigenvalue weighted by Gasteiger charge is -2.22. The summed E-state index contributed by atoms with van der Waals surface area (Å²) in [5.41, 5.74) is 2.20. The van der Waals surface area contributed by atoms with E-state index in [1.54, 1.807) is 24.1 Å². The van der Waals surface area contributed by atoms with E-state index in [1.807, 2.05) is 19.9 Å². The third-order valence-corrected chi connectivity index (χ3v) is 3.33. The molecular formula is C15H18F2N4O. The fourth-order valence-electron chi connectivity index (χ4n) is 2.29. The number of anilines is 1. The fraction of sp³-hybridized carbons (Fsp3) is 0.400. The third kappa shape index (κ3) is 3.29. The second kappa shape index (κ2) is 6.64. The van der Waals surface area contributed by atoms with Crippen molar-refractivity contribution in [1.29, 1.82) is 0 Å². The zero-order valence-corrected chi connectivity index (χ0v) is 12.8. The smallest absolute Gasteiger partial charge is 0.261 e. The van der Waals surface area contributed by atoms with Gasteiger partial charge in [-0.2, -0.15) is 5.10 Å². The second-order valence-corrected chi connectivity index (χ2v) is 4.90. The highest BCUT2D eigenvalue weighted by molar-refractivity contribution is 6.06. The minimum Gasteiger partial charge on any atom is -0.307 e. The van der Waals surface area contributed by atoms with E-state index in [4.69, 9.17) is 0 Å². The van der Waals surface area contributed by atoms with Gasteiger partial charge < -0.3 is 4.90 Å². The Morgan fingerprint density at radius 2 is 2.09 bits per heavy atom. The number of nitrogens with zero attached hydrogens (tertiary/aromatic N) is 4. The summed E-state index contributed by atoms with van der Waals surface area (Å²) in [5.74, 6) is -0.267. The molecule has 2 aromatic heterocycles. The van der Waals surface area contributed by atoms with E-state index < -0.39 is 13.0 Å². The number of hydrogen-bond donors (Lipinski definition) is 0. The largest absolute Gasteiger partial charge is 0.307 e. The summed E-state index contributed by atoms with van der Waals surface area (Å²) in [7, 11) is 0. The number of aryl methyl sites for hydroxylation is 2. The molecule has 118 valence electrons. The van der Waals surface area contributed by atoms with Crippen LogP contribution < -0.4 is 4.90 Å². The topological polar surface area (TPSA) is 51.0 Å². The number of halogens is 2. The van der Waals surface area contributed by atoms with Gasteiger partial charge in [0.2, 0.25) is 0 Å². The van der Waals surface area contributed by atoms with E-state index in [0.29, 0.717) is 23.5 Å². The minimum atomic E-state index is -2.51. The fourth-order valence-corrected chi connectivity index (χ4v) is 2.29. The van der Waals surface area contributed by atoms with Crippen LogP contribution in [-0.2, 0) is 6.54 Å². The molecule has 5 nitrogen and oxygen atoms in total. The summed E-state index contributed by atoms with van der Waals surface area (Å²) >= 11 is 0. The Bertz CT molecular complexity index is 669. The summed E-state index contributed by atoms with van der Waals surface area (Å²) in [6, 6.07) is 3.56. The molecule has 0 saturated heterocycles. The molecule has 0 bridgehead atoms. The molecule has 0 saturated carbocycles. The normalized spacial score (nSPS) is 11.0. The molecular weight excluding hydrogens is 290 g/mol. The van der Waals surface area contributed by atoms with E-state index in [0.717, 1.165) is 10.4 Å². The molecule has 0 spiro atoms. The van der Waals surface area contributed by atoms with Crippen molar-refractivity contribution >= 4 is 11.6 Å². The van der Waals surface area contributed by atoms with Crippen LogP contribution in [0.15, 0.2) is 24.5 Å². The maximum absolute atomic E-state index is 12.7. The number of carbonyl (C=O) groups excluding carboxylic acids is 1. The lowest BCUT2D eigenvalue weighted by atomic mass is 10.2. The standard InChI is InChI=1S/C15H18F2N4O/c1-4-21(13-6-5-7-18-11(13)3)15(22)12-8-20(9-14(16)17)19-10(12)2/h5-8,14H,4,9H2,1-3H3. The average Bonchev–Trinajstić information content (AvgIpc) is 2.81. The molecule has 0 aromatic carbocycles. The van der Waals surface area contributed by atoms with Crippen LogP contribution in [0.25, 0.3) is 0 Å². The highest BCUT2D eigenvalue weighted by Gasteiger charge is 2.22. The van der Waals surface area contributed by atoms with Crippen molar-refractivity contribution in [2.24, 2.45) is 0 Å². The van der Waals surface area contributed by atoms with Gasteiger partial charge in [-0.15, -0.1) is 0 Å². The first kappa shape index (κ1) is 16.1. The number of carbonyl (C=O) groups is 1. The van der Waals surface area contributed by atoms with E-state index in [-0.39, 0.29) is 5.91 Å². The van der Waals surface area contributed by atoms with Crippen LogP contribution in [0.2, 0.25) is 0 Å². The Hall–Kier alpha value is -2.31. The van der Waals surface area contributed by atoms with Crippen molar-refractivity contribution in [2.75, 3.05) is 11.4 Å². The zero-order valence-electron chi connectivity index (χ0n) is 12.8. The summed E-state index contributed by atoms with van der Waals surface area (Å²) in [4.78, 5) is 18.5. The van der Waals surface area contributed by atoms with Gasteiger partial charge in [0.25, 0.3) is 12.3 Å². The molecule has 0 atom stereocenters. The molecule has 2 heterocycles.